The van der Waals surface area contributed by atoms with Gasteiger partial charge in [0.15, 0.2) is 11.5 Å². The molecule has 0 heterocycles. The van der Waals surface area contributed by atoms with Crippen molar-refractivity contribution in [2.24, 2.45) is 5.92 Å². The predicted molar refractivity (Wildman–Crippen MR) is 112 cm³/mol. The minimum Gasteiger partial charge on any atom is -0.508 e. The van der Waals surface area contributed by atoms with Gasteiger partial charge in [0.05, 0.1) is 12.8 Å². The van der Waals surface area contributed by atoms with Crippen molar-refractivity contribution in [2.45, 2.75) is 13.3 Å². The first-order chi connectivity index (χ1) is 13.8. The van der Waals surface area contributed by atoms with E-state index in [2.05, 4.69) is 11.9 Å². The van der Waals surface area contributed by atoms with Gasteiger partial charge in [-0.3, -0.25) is 4.79 Å². The number of amides is 1. The number of aliphatic hydroxyl groups excluding tert-OH is 1. The van der Waals surface area contributed by atoms with Crippen molar-refractivity contribution in [3.63, 3.8) is 0 Å². The number of rotatable bonds is 6. The molecule has 3 N–H and O–H groups in total. The number of hydrogen-bond donors (Lipinski definition) is 3. The number of aromatic hydroxyl groups is 1. The standard InChI is InChI=1S/C23H22FNO4/c1-13(23(28)25-20-8-6-17(24)12-19(20)14(2)26)10-15-4-7-18-16(11-15)5-9-21(29-3)22(18)27/h4-9,11-13,26-27H,2,10H2,1,3H3,(H,25,28). The number of phenols is 1. The molecule has 3 aromatic rings. The van der Waals surface area contributed by atoms with E-state index in [0.717, 1.165) is 17.0 Å². The van der Waals surface area contributed by atoms with E-state index in [-0.39, 0.29) is 28.9 Å². The smallest absolute Gasteiger partial charge is 0.227 e. The molecular weight excluding hydrogens is 373 g/mol. The van der Waals surface area contributed by atoms with Crippen LogP contribution < -0.4 is 10.1 Å². The highest BCUT2D eigenvalue weighted by Gasteiger charge is 2.17. The molecule has 3 aromatic carbocycles. The average Bonchev–Trinajstić information content (AvgIpc) is 2.69. The molecule has 1 unspecified atom stereocenters. The summed E-state index contributed by atoms with van der Waals surface area (Å²) >= 11 is 0. The Morgan fingerprint density at radius 1 is 1.21 bits per heavy atom. The minimum absolute atomic E-state index is 0.0791. The summed E-state index contributed by atoms with van der Waals surface area (Å²) in [5, 5.41) is 24.1. The Balaban J connectivity index is 1.77. The summed E-state index contributed by atoms with van der Waals surface area (Å²) in [5.74, 6) is -1.02. The molecule has 3 rings (SSSR count). The molecule has 6 heteroatoms. The molecular formula is C23H22FNO4. The molecule has 29 heavy (non-hydrogen) atoms. The highest BCUT2D eigenvalue weighted by molar-refractivity contribution is 5.95. The van der Waals surface area contributed by atoms with Crippen LogP contribution in [-0.4, -0.2) is 23.2 Å². The van der Waals surface area contributed by atoms with Gasteiger partial charge in [0, 0.05) is 16.9 Å². The zero-order valence-electron chi connectivity index (χ0n) is 16.2. The van der Waals surface area contributed by atoms with Crippen molar-refractivity contribution in [3.8, 4) is 11.5 Å². The van der Waals surface area contributed by atoms with Crippen LogP contribution in [0, 0.1) is 11.7 Å². The molecule has 150 valence electrons. The zero-order chi connectivity index (χ0) is 21.1. The summed E-state index contributed by atoms with van der Waals surface area (Å²) in [4.78, 5) is 12.6. The van der Waals surface area contributed by atoms with Crippen LogP contribution in [0.2, 0.25) is 0 Å². The largest absolute Gasteiger partial charge is 0.508 e. The third-order valence-electron chi connectivity index (χ3n) is 4.78. The maximum atomic E-state index is 13.4. The van der Waals surface area contributed by atoms with E-state index < -0.39 is 5.82 Å². The SMILES string of the molecule is C=C(O)c1cc(F)ccc1NC(=O)C(C)Cc1ccc2c(O)c(OC)ccc2c1. The van der Waals surface area contributed by atoms with Gasteiger partial charge in [-0.05, 0) is 41.6 Å². The van der Waals surface area contributed by atoms with Gasteiger partial charge < -0.3 is 20.3 Å². The maximum Gasteiger partial charge on any atom is 0.227 e. The number of nitrogens with one attached hydrogen (secondary N) is 1. The Morgan fingerprint density at radius 3 is 2.66 bits per heavy atom. The molecule has 0 aromatic heterocycles. The fourth-order valence-electron chi connectivity index (χ4n) is 3.20. The molecule has 0 aliphatic carbocycles. The number of carbonyl (C=O) groups is 1. The molecule has 0 aliphatic heterocycles. The van der Waals surface area contributed by atoms with Crippen molar-refractivity contribution in [2.75, 3.05) is 12.4 Å². The summed E-state index contributed by atoms with van der Waals surface area (Å²) in [6, 6.07) is 12.8. The van der Waals surface area contributed by atoms with Crippen LogP contribution in [0.15, 0.2) is 55.1 Å². The fourth-order valence-corrected chi connectivity index (χ4v) is 3.20. The topological polar surface area (TPSA) is 78.8 Å². The van der Waals surface area contributed by atoms with E-state index in [0.29, 0.717) is 23.2 Å². The second-order valence-corrected chi connectivity index (χ2v) is 6.90. The van der Waals surface area contributed by atoms with E-state index in [1.54, 1.807) is 19.1 Å². The lowest BCUT2D eigenvalue weighted by Crippen LogP contribution is -2.22. The second kappa shape index (κ2) is 8.22. The van der Waals surface area contributed by atoms with Gasteiger partial charge in [0.1, 0.15) is 11.6 Å². The van der Waals surface area contributed by atoms with Gasteiger partial charge in [0.25, 0.3) is 0 Å². The molecule has 0 spiro atoms. The summed E-state index contributed by atoms with van der Waals surface area (Å²) in [7, 11) is 1.49. The van der Waals surface area contributed by atoms with Crippen LogP contribution in [0.3, 0.4) is 0 Å². The minimum atomic E-state index is -0.530. The Labute approximate surface area is 168 Å². The fraction of sp³-hybridized carbons (Fsp3) is 0.174. The van der Waals surface area contributed by atoms with Crippen molar-refractivity contribution in [1.29, 1.82) is 0 Å². The van der Waals surface area contributed by atoms with E-state index >= 15 is 0 Å². The van der Waals surface area contributed by atoms with Gasteiger partial charge in [-0.1, -0.05) is 37.8 Å². The molecule has 0 radical (unpaired) electrons. The van der Waals surface area contributed by atoms with Crippen molar-refractivity contribution < 1.29 is 24.1 Å². The average molecular weight is 395 g/mol. The lowest BCUT2D eigenvalue weighted by Gasteiger charge is -2.15. The number of phenolic OH excluding ortho intramolecular Hbond substituents is 1. The van der Waals surface area contributed by atoms with E-state index in [1.165, 1.54) is 19.2 Å². The lowest BCUT2D eigenvalue weighted by molar-refractivity contribution is -0.119. The number of benzene rings is 3. The van der Waals surface area contributed by atoms with Crippen molar-refractivity contribution in [3.05, 3.63) is 72.1 Å². The molecule has 0 saturated carbocycles. The van der Waals surface area contributed by atoms with Gasteiger partial charge in [0.2, 0.25) is 5.91 Å². The quantitative estimate of drug-likeness (QED) is 0.511. The Kier molecular flexibility index (Phi) is 5.73. The van der Waals surface area contributed by atoms with Crippen LogP contribution in [0.1, 0.15) is 18.1 Å². The summed E-state index contributed by atoms with van der Waals surface area (Å²) in [6.45, 7) is 5.18. The van der Waals surface area contributed by atoms with Crippen molar-refractivity contribution in [1.82, 2.24) is 0 Å². The monoisotopic (exact) mass is 395 g/mol. The first-order valence-electron chi connectivity index (χ1n) is 9.07. The van der Waals surface area contributed by atoms with Crippen LogP contribution in [-0.2, 0) is 11.2 Å². The van der Waals surface area contributed by atoms with E-state index in [9.17, 15) is 19.4 Å². The first-order valence-corrected chi connectivity index (χ1v) is 9.07. The molecule has 1 atom stereocenters. The Bertz CT molecular complexity index is 1090. The number of anilines is 1. The molecule has 0 aliphatic rings. The lowest BCUT2D eigenvalue weighted by atomic mass is 9.97. The van der Waals surface area contributed by atoms with Gasteiger partial charge in [-0.2, -0.15) is 0 Å². The van der Waals surface area contributed by atoms with Crippen LogP contribution >= 0.6 is 0 Å². The van der Waals surface area contributed by atoms with Crippen LogP contribution in [0.5, 0.6) is 11.5 Å². The van der Waals surface area contributed by atoms with E-state index in [4.69, 9.17) is 4.74 Å². The number of halogens is 1. The predicted octanol–water partition coefficient (Wildman–Crippen LogP) is 5.04. The summed E-state index contributed by atoms with van der Waals surface area (Å²) < 4.78 is 18.5. The second-order valence-electron chi connectivity index (χ2n) is 6.90. The third-order valence-corrected chi connectivity index (χ3v) is 4.78. The number of aliphatic hydroxyl groups is 1. The van der Waals surface area contributed by atoms with Gasteiger partial charge in [-0.25, -0.2) is 4.39 Å². The number of methoxy groups -OCH3 is 1. The molecule has 1 amide bonds. The van der Waals surface area contributed by atoms with Crippen LogP contribution in [0.4, 0.5) is 10.1 Å². The maximum absolute atomic E-state index is 13.4. The third kappa shape index (κ3) is 4.32. The van der Waals surface area contributed by atoms with Crippen molar-refractivity contribution >= 4 is 28.1 Å². The highest BCUT2D eigenvalue weighted by Crippen LogP contribution is 2.35. The molecule has 0 bridgehead atoms. The molecule has 0 fully saturated rings. The van der Waals surface area contributed by atoms with Gasteiger partial charge in [-0.15, -0.1) is 0 Å². The number of fused-ring (bicyclic) bond motifs is 1. The van der Waals surface area contributed by atoms with Crippen LogP contribution in [0.25, 0.3) is 16.5 Å². The van der Waals surface area contributed by atoms with E-state index in [1.807, 2.05) is 18.2 Å². The summed E-state index contributed by atoms with van der Waals surface area (Å²) in [6.07, 6.45) is 0.463. The van der Waals surface area contributed by atoms with Gasteiger partial charge >= 0.3 is 0 Å². The number of hydrogen-bond acceptors (Lipinski definition) is 4. The number of ether oxygens (including phenoxy) is 1. The summed E-state index contributed by atoms with van der Waals surface area (Å²) in [5.41, 5.74) is 1.36. The number of carbonyl (C=O) groups excluding carboxylic acids is 1. The normalized spacial score (nSPS) is 11.8. The molecule has 5 nitrogen and oxygen atoms in total. The Morgan fingerprint density at radius 2 is 1.97 bits per heavy atom. The Hall–Kier alpha value is -3.54. The zero-order valence-corrected chi connectivity index (χ0v) is 16.2. The molecule has 0 saturated heterocycles. The highest BCUT2D eigenvalue weighted by atomic mass is 19.1. The first kappa shape index (κ1) is 20.2.